The molecule has 0 fully saturated rings. The lowest BCUT2D eigenvalue weighted by atomic mass is 10.1. The quantitative estimate of drug-likeness (QED) is 0.831. The second-order valence-electron chi connectivity index (χ2n) is 5.16. The van der Waals surface area contributed by atoms with Crippen molar-refractivity contribution in [3.05, 3.63) is 30.1 Å². The van der Waals surface area contributed by atoms with E-state index < -0.39 is 0 Å². The molecular formula is C13H21N3O. The van der Waals surface area contributed by atoms with Crippen molar-refractivity contribution in [3.8, 4) is 0 Å². The number of hydrogen-bond acceptors (Lipinski definition) is 3. The molecule has 1 aromatic rings. The van der Waals surface area contributed by atoms with Crippen LogP contribution in [-0.4, -0.2) is 22.5 Å². The van der Waals surface area contributed by atoms with Gasteiger partial charge >= 0.3 is 0 Å². The largest absolute Gasteiger partial charge is 0.350 e. The van der Waals surface area contributed by atoms with Gasteiger partial charge in [-0.1, -0.05) is 6.07 Å². The van der Waals surface area contributed by atoms with Crippen LogP contribution in [0, 0.1) is 0 Å². The number of amides is 1. The van der Waals surface area contributed by atoms with Crippen LogP contribution in [-0.2, 0) is 11.3 Å². The summed E-state index contributed by atoms with van der Waals surface area (Å²) in [7, 11) is 0. The third-order valence-electron chi connectivity index (χ3n) is 2.21. The second-order valence-corrected chi connectivity index (χ2v) is 5.16. The minimum Gasteiger partial charge on any atom is -0.350 e. The molecule has 0 radical (unpaired) electrons. The summed E-state index contributed by atoms with van der Waals surface area (Å²) in [5.41, 5.74) is 0.737. The molecule has 2 N–H and O–H groups in total. The number of pyridine rings is 1. The Morgan fingerprint density at radius 1 is 1.41 bits per heavy atom. The Bertz CT molecular complexity index is 357. The predicted molar refractivity (Wildman–Crippen MR) is 68.4 cm³/mol. The number of hydrogen-bond donors (Lipinski definition) is 2. The maximum absolute atomic E-state index is 11.8. The summed E-state index contributed by atoms with van der Waals surface area (Å²) in [5.74, 6) is 0.00781. The van der Waals surface area contributed by atoms with Crippen molar-refractivity contribution in [1.29, 1.82) is 0 Å². The molecule has 0 bridgehead atoms. The Hall–Kier alpha value is -1.42. The molecule has 0 aromatic carbocycles. The minimum atomic E-state index is -0.226. The van der Waals surface area contributed by atoms with E-state index in [-0.39, 0.29) is 17.5 Å². The molecule has 0 aliphatic carbocycles. The Balaban J connectivity index is 2.40. The number of nitrogens with one attached hydrogen (secondary N) is 2. The molecule has 4 nitrogen and oxygen atoms in total. The van der Waals surface area contributed by atoms with Gasteiger partial charge in [-0.25, -0.2) is 0 Å². The normalized spacial score (nSPS) is 13.2. The van der Waals surface area contributed by atoms with E-state index >= 15 is 0 Å². The Morgan fingerprint density at radius 3 is 2.65 bits per heavy atom. The van der Waals surface area contributed by atoms with E-state index in [2.05, 4.69) is 15.6 Å². The van der Waals surface area contributed by atoms with Gasteiger partial charge in [-0.2, -0.15) is 0 Å². The minimum absolute atomic E-state index is 0.00781. The summed E-state index contributed by atoms with van der Waals surface area (Å²) in [5, 5.41) is 6.08. The highest BCUT2D eigenvalue weighted by molar-refractivity contribution is 5.81. The Morgan fingerprint density at radius 2 is 2.12 bits per heavy atom. The summed E-state index contributed by atoms with van der Waals surface area (Å²) in [6.45, 7) is 8.35. The molecular weight excluding hydrogens is 214 g/mol. The van der Waals surface area contributed by atoms with Crippen LogP contribution in [0.25, 0.3) is 0 Å². The molecule has 0 saturated carbocycles. The molecule has 1 unspecified atom stereocenters. The van der Waals surface area contributed by atoms with Crippen molar-refractivity contribution in [1.82, 2.24) is 15.6 Å². The van der Waals surface area contributed by atoms with Crippen LogP contribution in [0.5, 0.6) is 0 Å². The average Bonchev–Trinajstić information content (AvgIpc) is 2.25. The monoisotopic (exact) mass is 235 g/mol. The fourth-order valence-corrected chi connectivity index (χ4v) is 1.33. The highest BCUT2D eigenvalue weighted by Crippen LogP contribution is 2.00. The van der Waals surface area contributed by atoms with Crippen LogP contribution in [0.4, 0.5) is 0 Å². The molecule has 0 aliphatic heterocycles. The molecule has 1 amide bonds. The lowest BCUT2D eigenvalue weighted by molar-refractivity contribution is -0.124. The van der Waals surface area contributed by atoms with Gasteiger partial charge in [-0.15, -0.1) is 0 Å². The van der Waals surface area contributed by atoms with Gasteiger partial charge in [-0.3, -0.25) is 9.78 Å². The average molecular weight is 235 g/mol. The zero-order valence-corrected chi connectivity index (χ0v) is 10.9. The third kappa shape index (κ3) is 5.45. The van der Waals surface area contributed by atoms with E-state index in [0.717, 1.165) is 5.69 Å². The van der Waals surface area contributed by atoms with E-state index in [4.69, 9.17) is 0 Å². The van der Waals surface area contributed by atoms with Crippen LogP contribution in [0.2, 0.25) is 0 Å². The first-order valence-corrected chi connectivity index (χ1v) is 5.84. The molecule has 1 aromatic heterocycles. The van der Waals surface area contributed by atoms with E-state index in [0.29, 0.717) is 6.54 Å². The third-order valence-corrected chi connectivity index (χ3v) is 2.21. The van der Waals surface area contributed by atoms with Crippen molar-refractivity contribution in [3.63, 3.8) is 0 Å². The van der Waals surface area contributed by atoms with E-state index in [1.807, 2.05) is 45.9 Å². The standard InChI is InChI=1S/C13H21N3O/c1-10(12(17)16-13(2,3)4)15-9-11-7-5-6-8-14-11/h5-8,10,15H,9H2,1-4H3,(H,16,17). The first-order chi connectivity index (χ1) is 7.88. The van der Waals surface area contributed by atoms with Gasteiger partial charge < -0.3 is 10.6 Å². The fourth-order valence-electron chi connectivity index (χ4n) is 1.33. The molecule has 17 heavy (non-hydrogen) atoms. The molecule has 94 valence electrons. The number of nitrogens with zero attached hydrogens (tertiary/aromatic N) is 1. The van der Waals surface area contributed by atoms with Crippen molar-refractivity contribution in [2.75, 3.05) is 0 Å². The first kappa shape index (κ1) is 13.6. The van der Waals surface area contributed by atoms with Crippen molar-refractivity contribution < 1.29 is 4.79 Å². The highest BCUT2D eigenvalue weighted by atomic mass is 16.2. The van der Waals surface area contributed by atoms with Gasteiger partial charge in [0.15, 0.2) is 0 Å². The molecule has 0 saturated heterocycles. The summed E-state index contributed by atoms with van der Waals surface area (Å²) < 4.78 is 0. The van der Waals surface area contributed by atoms with Gasteiger partial charge in [0.1, 0.15) is 0 Å². The zero-order chi connectivity index (χ0) is 12.9. The van der Waals surface area contributed by atoms with Gasteiger partial charge in [0, 0.05) is 18.3 Å². The second kappa shape index (κ2) is 5.77. The van der Waals surface area contributed by atoms with E-state index in [9.17, 15) is 4.79 Å². The van der Waals surface area contributed by atoms with Crippen LogP contribution < -0.4 is 10.6 Å². The smallest absolute Gasteiger partial charge is 0.237 e. The van der Waals surface area contributed by atoms with Gasteiger partial charge in [-0.05, 0) is 39.8 Å². The van der Waals surface area contributed by atoms with E-state index in [1.165, 1.54) is 0 Å². The molecule has 1 rings (SSSR count). The lowest BCUT2D eigenvalue weighted by Crippen LogP contribution is -2.49. The maximum atomic E-state index is 11.8. The summed E-state index contributed by atoms with van der Waals surface area (Å²) in [4.78, 5) is 16.0. The number of carbonyl (C=O) groups excluding carboxylic acids is 1. The highest BCUT2D eigenvalue weighted by Gasteiger charge is 2.18. The SMILES string of the molecule is CC(NCc1ccccn1)C(=O)NC(C)(C)C. The summed E-state index contributed by atoms with van der Waals surface area (Å²) in [6, 6.07) is 5.51. The molecule has 0 aliphatic rings. The number of carbonyl (C=O) groups is 1. The van der Waals surface area contributed by atoms with Crippen molar-refractivity contribution >= 4 is 5.91 Å². The summed E-state index contributed by atoms with van der Waals surface area (Å²) >= 11 is 0. The first-order valence-electron chi connectivity index (χ1n) is 5.84. The molecule has 1 heterocycles. The summed E-state index contributed by atoms with van der Waals surface area (Å²) in [6.07, 6.45) is 1.75. The molecule has 4 heteroatoms. The van der Waals surface area contributed by atoms with Gasteiger partial charge in [0.25, 0.3) is 0 Å². The Kier molecular flexibility index (Phi) is 4.63. The maximum Gasteiger partial charge on any atom is 0.237 e. The fraction of sp³-hybridized carbons (Fsp3) is 0.538. The molecule has 0 spiro atoms. The van der Waals surface area contributed by atoms with Gasteiger partial charge in [0.05, 0.1) is 11.7 Å². The van der Waals surface area contributed by atoms with Crippen LogP contribution in [0.1, 0.15) is 33.4 Å². The zero-order valence-electron chi connectivity index (χ0n) is 10.9. The van der Waals surface area contributed by atoms with Gasteiger partial charge in [0.2, 0.25) is 5.91 Å². The van der Waals surface area contributed by atoms with Crippen LogP contribution >= 0.6 is 0 Å². The number of rotatable bonds is 4. The number of aromatic nitrogens is 1. The van der Waals surface area contributed by atoms with E-state index in [1.54, 1.807) is 6.20 Å². The molecule has 1 atom stereocenters. The van der Waals surface area contributed by atoms with Crippen LogP contribution in [0.3, 0.4) is 0 Å². The Labute approximate surface area is 103 Å². The van der Waals surface area contributed by atoms with Crippen molar-refractivity contribution in [2.45, 2.75) is 45.8 Å². The lowest BCUT2D eigenvalue weighted by Gasteiger charge is -2.23. The van der Waals surface area contributed by atoms with Crippen molar-refractivity contribution in [2.24, 2.45) is 0 Å². The van der Waals surface area contributed by atoms with Crippen LogP contribution in [0.15, 0.2) is 24.4 Å². The predicted octanol–water partition coefficient (Wildman–Crippen LogP) is 1.47. The topological polar surface area (TPSA) is 54.0 Å².